The van der Waals surface area contributed by atoms with Crippen LogP contribution in [0, 0.1) is 5.92 Å². The lowest BCUT2D eigenvalue weighted by atomic mass is 9.97. The molecule has 1 aromatic carbocycles. The van der Waals surface area contributed by atoms with Crippen LogP contribution in [0.25, 0.3) is 0 Å². The average molecular weight is 260 g/mol. The molecular formula is C12H15Cl2NO. The van der Waals surface area contributed by atoms with Gasteiger partial charge in [0.15, 0.2) is 5.78 Å². The number of Topliss-reactive ketones (excluding diaryl/α,β-unsaturated/α-hetero) is 1. The zero-order valence-corrected chi connectivity index (χ0v) is 10.8. The Balaban J connectivity index is 2.91. The smallest absolute Gasteiger partial charge is 0.181 e. The van der Waals surface area contributed by atoms with Gasteiger partial charge in [-0.05, 0) is 30.5 Å². The second-order valence-electron chi connectivity index (χ2n) is 4.22. The Morgan fingerprint density at radius 3 is 2.56 bits per heavy atom. The van der Waals surface area contributed by atoms with E-state index in [1.54, 1.807) is 18.2 Å². The fourth-order valence-electron chi connectivity index (χ4n) is 1.50. The number of hydrogen-bond acceptors (Lipinski definition) is 2. The third-order valence-electron chi connectivity index (χ3n) is 2.26. The Labute approximate surface area is 106 Å². The highest BCUT2D eigenvalue weighted by molar-refractivity contribution is 6.36. The number of nitrogens with two attached hydrogens (primary N) is 1. The number of halogens is 2. The molecule has 0 heterocycles. The molecule has 0 radical (unpaired) electrons. The van der Waals surface area contributed by atoms with Gasteiger partial charge in [-0.2, -0.15) is 0 Å². The van der Waals surface area contributed by atoms with Crippen molar-refractivity contribution >= 4 is 29.0 Å². The lowest BCUT2D eigenvalue weighted by Crippen LogP contribution is -2.32. The number of benzene rings is 1. The molecule has 1 rings (SSSR count). The molecule has 2 nitrogen and oxygen atoms in total. The van der Waals surface area contributed by atoms with Crippen LogP contribution >= 0.6 is 23.2 Å². The Morgan fingerprint density at radius 1 is 1.38 bits per heavy atom. The van der Waals surface area contributed by atoms with Gasteiger partial charge in [-0.3, -0.25) is 4.79 Å². The summed E-state index contributed by atoms with van der Waals surface area (Å²) < 4.78 is 0. The van der Waals surface area contributed by atoms with Crippen molar-refractivity contribution in [3.05, 3.63) is 33.8 Å². The van der Waals surface area contributed by atoms with E-state index in [2.05, 4.69) is 0 Å². The fourth-order valence-corrected chi connectivity index (χ4v) is 1.88. The Kier molecular flexibility index (Phi) is 4.78. The Morgan fingerprint density at radius 2 is 2.00 bits per heavy atom. The number of rotatable bonds is 4. The highest BCUT2D eigenvalue weighted by Crippen LogP contribution is 2.22. The van der Waals surface area contributed by atoms with Gasteiger partial charge < -0.3 is 5.73 Å². The summed E-state index contributed by atoms with van der Waals surface area (Å²) in [6.07, 6.45) is 0.641. The van der Waals surface area contributed by atoms with Gasteiger partial charge in [0.05, 0.1) is 11.1 Å². The largest absolute Gasteiger partial charge is 0.321 e. The van der Waals surface area contributed by atoms with Crippen LogP contribution < -0.4 is 5.73 Å². The van der Waals surface area contributed by atoms with Crippen molar-refractivity contribution in [2.45, 2.75) is 26.3 Å². The summed E-state index contributed by atoms with van der Waals surface area (Å²) in [5.41, 5.74) is 6.22. The van der Waals surface area contributed by atoms with Crippen molar-refractivity contribution in [2.75, 3.05) is 0 Å². The minimum Gasteiger partial charge on any atom is -0.321 e. The molecule has 1 atom stereocenters. The van der Waals surface area contributed by atoms with Crippen LogP contribution in [0.4, 0.5) is 0 Å². The monoisotopic (exact) mass is 259 g/mol. The quantitative estimate of drug-likeness (QED) is 0.841. The highest BCUT2D eigenvalue weighted by Gasteiger charge is 2.19. The van der Waals surface area contributed by atoms with Crippen LogP contribution in [0.2, 0.25) is 10.0 Å². The van der Waals surface area contributed by atoms with Crippen LogP contribution in [0.1, 0.15) is 30.6 Å². The summed E-state index contributed by atoms with van der Waals surface area (Å²) in [6.45, 7) is 4.04. The van der Waals surface area contributed by atoms with Gasteiger partial charge in [-0.15, -0.1) is 0 Å². The van der Waals surface area contributed by atoms with Crippen molar-refractivity contribution in [1.82, 2.24) is 0 Å². The lowest BCUT2D eigenvalue weighted by Gasteiger charge is -2.13. The van der Waals surface area contributed by atoms with Gasteiger partial charge in [-0.1, -0.05) is 37.0 Å². The molecule has 1 aromatic rings. The number of carbonyl (C=O) groups is 1. The Bertz CT molecular complexity index is 391. The minimum atomic E-state index is -0.518. The molecule has 0 aromatic heterocycles. The first-order valence-corrected chi connectivity index (χ1v) is 5.92. The molecule has 0 aliphatic carbocycles. The SMILES string of the molecule is CC(C)CC(N)C(=O)c1cc(Cl)ccc1Cl. The summed E-state index contributed by atoms with van der Waals surface area (Å²) >= 11 is 11.8. The highest BCUT2D eigenvalue weighted by atomic mass is 35.5. The summed E-state index contributed by atoms with van der Waals surface area (Å²) in [5.74, 6) is 0.220. The van der Waals surface area contributed by atoms with Crippen molar-refractivity contribution in [1.29, 1.82) is 0 Å². The number of carbonyl (C=O) groups excluding carboxylic acids is 1. The van der Waals surface area contributed by atoms with E-state index in [1.807, 2.05) is 13.8 Å². The van der Waals surface area contributed by atoms with Crippen LogP contribution in [0.15, 0.2) is 18.2 Å². The van der Waals surface area contributed by atoms with E-state index in [4.69, 9.17) is 28.9 Å². The number of hydrogen-bond donors (Lipinski definition) is 1. The zero-order valence-electron chi connectivity index (χ0n) is 9.34. The number of ketones is 1. The van der Waals surface area contributed by atoms with E-state index in [1.165, 1.54) is 0 Å². The third kappa shape index (κ3) is 3.48. The lowest BCUT2D eigenvalue weighted by molar-refractivity contribution is 0.0951. The predicted molar refractivity (Wildman–Crippen MR) is 68.2 cm³/mol. The summed E-state index contributed by atoms with van der Waals surface area (Å²) in [6, 6.07) is 4.30. The summed E-state index contributed by atoms with van der Waals surface area (Å²) in [7, 11) is 0. The zero-order chi connectivity index (χ0) is 12.3. The molecule has 4 heteroatoms. The molecule has 2 N–H and O–H groups in total. The average Bonchev–Trinajstić information content (AvgIpc) is 2.19. The minimum absolute atomic E-state index is 0.152. The standard InChI is InChI=1S/C12H15Cl2NO/c1-7(2)5-11(15)12(16)9-6-8(13)3-4-10(9)14/h3-4,6-7,11H,5,15H2,1-2H3. The molecule has 0 fully saturated rings. The molecule has 88 valence electrons. The molecule has 0 bridgehead atoms. The maximum atomic E-state index is 12.0. The molecule has 1 unspecified atom stereocenters. The summed E-state index contributed by atoms with van der Waals surface area (Å²) in [4.78, 5) is 12.0. The first-order valence-electron chi connectivity index (χ1n) is 5.16. The fraction of sp³-hybridized carbons (Fsp3) is 0.417. The van der Waals surface area contributed by atoms with Gasteiger partial charge in [0.2, 0.25) is 0 Å². The van der Waals surface area contributed by atoms with Gasteiger partial charge in [0.1, 0.15) is 0 Å². The van der Waals surface area contributed by atoms with E-state index < -0.39 is 6.04 Å². The van der Waals surface area contributed by atoms with E-state index in [0.717, 1.165) is 0 Å². The van der Waals surface area contributed by atoms with Crippen molar-refractivity contribution < 1.29 is 4.79 Å². The van der Waals surface area contributed by atoms with E-state index >= 15 is 0 Å². The van der Waals surface area contributed by atoms with Gasteiger partial charge in [0.25, 0.3) is 0 Å². The third-order valence-corrected chi connectivity index (χ3v) is 2.82. The maximum absolute atomic E-state index is 12.0. The molecule has 0 aliphatic heterocycles. The van der Waals surface area contributed by atoms with Crippen LogP contribution in [0.3, 0.4) is 0 Å². The molecule has 0 spiro atoms. The van der Waals surface area contributed by atoms with E-state index in [9.17, 15) is 4.79 Å². The van der Waals surface area contributed by atoms with Crippen LogP contribution in [-0.4, -0.2) is 11.8 Å². The van der Waals surface area contributed by atoms with Crippen molar-refractivity contribution in [2.24, 2.45) is 11.7 Å². The van der Waals surface area contributed by atoms with E-state index in [-0.39, 0.29) is 5.78 Å². The summed E-state index contributed by atoms with van der Waals surface area (Å²) in [5, 5.41) is 0.887. The predicted octanol–water partition coefficient (Wildman–Crippen LogP) is 3.55. The van der Waals surface area contributed by atoms with Crippen LogP contribution in [0.5, 0.6) is 0 Å². The molecule has 0 amide bonds. The van der Waals surface area contributed by atoms with E-state index in [0.29, 0.717) is 27.9 Å². The van der Waals surface area contributed by atoms with Gasteiger partial charge in [0, 0.05) is 10.6 Å². The van der Waals surface area contributed by atoms with Crippen LogP contribution in [-0.2, 0) is 0 Å². The topological polar surface area (TPSA) is 43.1 Å². The molecule has 0 aliphatic rings. The molecule has 0 saturated heterocycles. The second kappa shape index (κ2) is 5.67. The molecular weight excluding hydrogens is 245 g/mol. The van der Waals surface area contributed by atoms with Gasteiger partial charge in [-0.25, -0.2) is 0 Å². The first-order chi connectivity index (χ1) is 7.41. The second-order valence-corrected chi connectivity index (χ2v) is 5.07. The van der Waals surface area contributed by atoms with Crippen molar-refractivity contribution in [3.63, 3.8) is 0 Å². The molecule has 0 saturated carbocycles. The maximum Gasteiger partial charge on any atom is 0.181 e. The van der Waals surface area contributed by atoms with Gasteiger partial charge >= 0.3 is 0 Å². The normalized spacial score (nSPS) is 12.9. The Hall–Kier alpha value is -0.570. The van der Waals surface area contributed by atoms with Crippen molar-refractivity contribution in [3.8, 4) is 0 Å². The molecule has 16 heavy (non-hydrogen) atoms. The first kappa shape index (κ1) is 13.5.